The van der Waals surface area contributed by atoms with Crippen LogP contribution in [0.1, 0.15) is 11.1 Å². The molecule has 2 amide bonds. The van der Waals surface area contributed by atoms with Gasteiger partial charge in [0.15, 0.2) is 0 Å². The fourth-order valence-corrected chi connectivity index (χ4v) is 3.81. The number of carbonyl (C=O) groups excluding carboxylic acids is 2. The number of benzene rings is 2. The molecule has 0 aromatic heterocycles. The molecule has 0 radical (unpaired) electrons. The van der Waals surface area contributed by atoms with E-state index in [1.54, 1.807) is 35.1 Å². The number of fused-ring (bicyclic) bond motifs is 1. The average molecular weight is 398 g/mol. The molecule has 6 nitrogen and oxygen atoms in total. The lowest BCUT2D eigenvalue weighted by atomic mass is 9.95. The molecule has 29 heavy (non-hydrogen) atoms. The first kappa shape index (κ1) is 19.2. The van der Waals surface area contributed by atoms with Crippen LogP contribution in [0.15, 0.2) is 42.5 Å². The Morgan fingerprint density at radius 2 is 2.07 bits per heavy atom. The first-order valence-electron chi connectivity index (χ1n) is 9.65. The summed E-state index contributed by atoms with van der Waals surface area (Å²) < 4.78 is 24.9. The number of carbonyl (C=O) groups is 2. The molecule has 152 valence electrons. The van der Waals surface area contributed by atoms with Gasteiger partial charge in [0.1, 0.15) is 23.9 Å². The van der Waals surface area contributed by atoms with E-state index in [1.165, 1.54) is 6.07 Å². The zero-order valence-corrected chi connectivity index (χ0v) is 16.3. The second kappa shape index (κ2) is 8.11. The predicted octanol–water partition coefficient (Wildman–Crippen LogP) is 2.26. The van der Waals surface area contributed by atoms with Crippen molar-refractivity contribution in [3.63, 3.8) is 0 Å². The normalized spacial score (nSPS) is 18.8. The van der Waals surface area contributed by atoms with Crippen LogP contribution in [0.2, 0.25) is 0 Å². The van der Waals surface area contributed by atoms with Crippen LogP contribution in [0.5, 0.6) is 11.5 Å². The summed E-state index contributed by atoms with van der Waals surface area (Å²) in [5, 5.41) is 0. The molecule has 1 saturated heterocycles. The van der Waals surface area contributed by atoms with Crippen LogP contribution in [-0.4, -0.2) is 55.0 Å². The van der Waals surface area contributed by atoms with Gasteiger partial charge in [0.25, 0.3) is 0 Å². The number of methoxy groups -OCH3 is 1. The predicted molar refractivity (Wildman–Crippen MR) is 104 cm³/mol. The van der Waals surface area contributed by atoms with Crippen molar-refractivity contribution in [2.45, 2.75) is 13.0 Å². The Labute approximate surface area is 168 Å². The first-order valence-corrected chi connectivity index (χ1v) is 9.65. The Hall–Kier alpha value is -3.09. The van der Waals surface area contributed by atoms with Gasteiger partial charge in [-0.05, 0) is 36.2 Å². The number of halogens is 1. The highest BCUT2D eigenvalue weighted by Crippen LogP contribution is 2.31. The van der Waals surface area contributed by atoms with Crippen molar-refractivity contribution in [3.8, 4) is 11.5 Å². The number of hydrogen-bond acceptors (Lipinski definition) is 4. The van der Waals surface area contributed by atoms with E-state index in [0.29, 0.717) is 31.7 Å². The quantitative estimate of drug-likeness (QED) is 0.793. The van der Waals surface area contributed by atoms with Crippen molar-refractivity contribution in [2.24, 2.45) is 5.92 Å². The number of nitrogens with zero attached hydrogens (tertiary/aromatic N) is 2. The lowest BCUT2D eigenvalue weighted by molar-refractivity contribution is -0.148. The number of hydrogen-bond donors (Lipinski definition) is 0. The minimum Gasteiger partial charge on any atom is -0.497 e. The zero-order chi connectivity index (χ0) is 20.4. The van der Waals surface area contributed by atoms with Gasteiger partial charge in [-0.3, -0.25) is 9.59 Å². The van der Waals surface area contributed by atoms with Gasteiger partial charge in [-0.25, -0.2) is 4.39 Å². The lowest BCUT2D eigenvalue weighted by Gasteiger charge is -2.37. The zero-order valence-electron chi connectivity index (χ0n) is 16.3. The molecular formula is C22H23FN2O4. The van der Waals surface area contributed by atoms with E-state index < -0.39 is 0 Å². The number of rotatable bonds is 4. The van der Waals surface area contributed by atoms with Crippen molar-refractivity contribution in [1.29, 1.82) is 0 Å². The van der Waals surface area contributed by atoms with Crippen LogP contribution in [0.4, 0.5) is 4.39 Å². The second-order valence-electron chi connectivity index (χ2n) is 7.35. The van der Waals surface area contributed by atoms with Gasteiger partial charge in [0.2, 0.25) is 11.8 Å². The molecule has 7 heteroatoms. The molecule has 0 spiro atoms. The SMILES string of the molecule is COc1ccc2c(c1)C[C@@H](C(=O)N1CCN(Cc3ccccc3F)C(=O)C1)CO2. The van der Waals surface area contributed by atoms with Crippen molar-refractivity contribution in [1.82, 2.24) is 9.80 Å². The van der Waals surface area contributed by atoms with Gasteiger partial charge in [-0.15, -0.1) is 0 Å². The maximum Gasteiger partial charge on any atom is 0.242 e. The minimum atomic E-state index is -0.333. The summed E-state index contributed by atoms with van der Waals surface area (Å²) in [5.74, 6) is 0.565. The topological polar surface area (TPSA) is 59.1 Å². The highest BCUT2D eigenvalue weighted by atomic mass is 19.1. The third-order valence-corrected chi connectivity index (χ3v) is 5.47. The van der Waals surface area contributed by atoms with E-state index in [0.717, 1.165) is 17.1 Å². The largest absolute Gasteiger partial charge is 0.497 e. The molecule has 2 aliphatic heterocycles. The van der Waals surface area contributed by atoms with Gasteiger partial charge < -0.3 is 19.3 Å². The van der Waals surface area contributed by atoms with Gasteiger partial charge in [0, 0.05) is 25.2 Å². The summed E-state index contributed by atoms with van der Waals surface area (Å²) in [6.07, 6.45) is 0.551. The molecule has 0 unspecified atom stereocenters. The summed E-state index contributed by atoms with van der Waals surface area (Å²) in [4.78, 5) is 28.7. The van der Waals surface area contributed by atoms with Crippen LogP contribution >= 0.6 is 0 Å². The van der Waals surface area contributed by atoms with E-state index in [1.807, 2.05) is 18.2 Å². The Morgan fingerprint density at radius 1 is 1.24 bits per heavy atom. The number of ether oxygens (including phenoxy) is 2. The van der Waals surface area contributed by atoms with Crippen molar-refractivity contribution in [2.75, 3.05) is 33.4 Å². The average Bonchev–Trinajstić information content (AvgIpc) is 2.75. The van der Waals surface area contributed by atoms with E-state index in [4.69, 9.17) is 9.47 Å². The monoisotopic (exact) mass is 398 g/mol. The minimum absolute atomic E-state index is 0.00868. The summed E-state index contributed by atoms with van der Waals surface area (Å²) in [6, 6.07) is 12.0. The third kappa shape index (κ3) is 4.04. The number of amides is 2. The standard InChI is InChI=1S/C22H23FN2O4/c1-28-18-6-7-20-16(11-18)10-17(14-29-20)22(27)25-9-8-24(21(26)13-25)12-15-4-2-3-5-19(15)23/h2-7,11,17H,8-10,12-14H2,1H3/t17-/m1/s1. The van der Waals surface area contributed by atoms with Crippen LogP contribution in [0.3, 0.4) is 0 Å². The molecule has 2 heterocycles. The fraction of sp³-hybridized carbons (Fsp3) is 0.364. The highest BCUT2D eigenvalue weighted by molar-refractivity contribution is 5.87. The molecule has 1 atom stereocenters. The highest BCUT2D eigenvalue weighted by Gasteiger charge is 2.34. The molecular weight excluding hydrogens is 375 g/mol. The number of piperazine rings is 1. The van der Waals surface area contributed by atoms with E-state index in [2.05, 4.69) is 0 Å². The Bertz CT molecular complexity index is 933. The van der Waals surface area contributed by atoms with Crippen LogP contribution in [0.25, 0.3) is 0 Å². The Kier molecular flexibility index (Phi) is 5.38. The molecule has 2 aliphatic rings. The van der Waals surface area contributed by atoms with Crippen molar-refractivity contribution < 1.29 is 23.5 Å². The molecule has 0 saturated carbocycles. The molecule has 0 bridgehead atoms. The van der Waals surface area contributed by atoms with Crippen LogP contribution in [0, 0.1) is 11.7 Å². The van der Waals surface area contributed by atoms with Gasteiger partial charge in [-0.2, -0.15) is 0 Å². The van der Waals surface area contributed by atoms with E-state index in [9.17, 15) is 14.0 Å². The molecule has 0 aliphatic carbocycles. The van der Waals surface area contributed by atoms with Crippen molar-refractivity contribution in [3.05, 3.63) is 59.4 Å². The summed E-state index contributed by atoms with van der Waals surface area (Å²) >= 11 is 0. The van der Waals surface area contributed by atoms with Crippen LogP contribution in [-0.2, 0) is 22.6 Å². The Morgan fingerprint density at radius 3 is 2.83 bits per heavy atom. The summed E-state index contributed by atoms with van der Waals surface area (Å²) in [7, 11) is 1.60. The maximum absolute atomic E-state index is 13.9. The molecule has 2 aromatic rings. The fourth-order valence-electron chi connectivity index (χ4n) is 3.81. The molecule has 2 aromatic carbocycles. The first-order chi connectivity index (χ1) is 14.0. The second-order valence-corrected chi connectivity index (χ2v) is 7.35. The summed E-state index contributed by atoms with van der Waals surface area (Å²) in [6.45, 7) is 1.33. The van der Waals surface area contributed by atoms with E-state index in [-0.39, 0.29) is 36.6 Å². The summed E-state index contributed by atoms with van der Waals surface area (Å²) in [5.41, 5.74) is 1.41. The smallest absolute Gasteiger partial charge is 0.242 e. The molecule has 1 fully saturated rings. The van der Waals surface area contributed by atoms with Crippen molar-refractivity contribution >= 4 is 11.8 Å². The Balaban J connectivity index is 1.38. The van der Waals surface area contributed by atoms with E-state index >= 15 is 0 Å². The van der Waals surface area contributed by atoms with Gasteiger partial charge in [-0.1, -0.05) is 18.2 Å². The lowest BCUT2D eigenvalue weighted by Crippen LogP contribution is -2.54. The molecule has 4 rings (SSSR count). The van der Waals surface area contributed by atoms with Gasteiger partial charge in [0.05, 0.1) is 19.6 Å². The van der Waals surface area contributed by atoms with Gasteiger partial charge >= 0.3 is 0 Å². The third-order valence-electron chi connectivity index (χ3n) is 5.47. The molecule has 0 N–H and O–H groups in total. The van der Waals surface area contributed by atoms with Crippen LogP contribution < -0.4 is 9.47 Å². The maximum atomic E-state index is 13.9.